The lowest BCUT2D eigenvalue weighted by Gasteiger charge is -2.20. The van der Waals surface area contributed by atoms with Gasteiger partial charge in [0.25, 0.3) is 5.91 Å². The van der Waals surface area contributed by atoms with Gasteiger partial charge >= 0.3 is 0 Å². The van der Waals surface area contributed by atoms with Gasteiger partial charge in [-0.05, 0) is 47.2 Å². The molecule has 0 spiro atoms. The van der Waals surface area contributed by atoms with Crippen LogP contribution in [-0.2, 0) is 0 Å². The molecule has 0 aromatic heterocycles. The molecule has 1 amide bonds. The summed E-state index contributed by atoms with van der Waals surface area (Å²) < 4.78 is 0. The van der Waals surface area contributed by atoms with E-state index in [0.29, 0.717) is 22.4 Å². The van der Waals surface area contributed by atoms with E-state index in [1.165, 1.54) is 0 Å². The fraction of sp³-hybridized carbons (Fsp3) is 0.316. The molecular weight excluding hydrogens is 294 g/mol. The number of hydrogen-bond acceptors (Lipinski definition) is 1. The average Bonchev–Trinajstić information content (AvgIpc) is 2.47. The van der Waals surface area contributed by atoms with E-state index in [2.05, 4.69) is 51.2 Å². The average molecular weight is 316 g/mol. The van der Waals surface area contributed by atoms with Crippen molar-refractivity contribution in [3.8, 4) is 0 Å². The zero-order chi connectivity index (χ0) is 16.3. The molecule has 0 heterocycles. The molecule has 116 valence electrons. The van der Waals surface area contributed by atoms with Crippen LogP contribution in [0.25, 0.3) is 0 Å². The quantitative estimate of drug-likeness (QED) is 0.754. The Morgan fingerprint density at radius 3 is 1.86 bits per heavy atom. The maximum absolute atomic E-state index is 12.5. The normalized spacial score (nSPS) is 11.0. The molecule has 0 saturated carbocycles. The molecule has 0 saturated heterocycles. The largest absolute Gasteiger partial charge is 0.321 e. The van der Waals surface area contributed by atoms with E-state index in [1.54, 1.807) is 24.3 Å². The van der Waals surface area contributed by atoms with Gasteiger partial charge in [-0.3, -0.25) is 4.79 Å². The van der Waals surface area contributed by atoms with E-state index in [9.17, 15) is 4.79 Å². The molecule has 0 bridgehead atoms. The van der Waals surface area contributed by atoms with Crippen molar-refractivity contribution >= 4 is 23.2 Å². The van der Waals surface area contributed by atoms with E-state index < -0.39 is 0 Å². The number of nitrogens with one attached hydrogen (secondary N) is 1. The summed E-state index contributed by atoms with van der Waals surface area (Å²) >= 11 is 5.88. The highest BCUT2D eigenvalue weighted by Crippen LogP contribution is 2.32. The van der Waals surface area contributed by atoms with Crippen LogP contribution in [0.2, 0.25) is 5.02 Å². The molecule has 2 nitrogen and oxygen atoms in total. The SMILES string of the molecule is CC(C)c1cccc(C(C)C)c1NC(=O)c1ccc(Cl)cc1. The molecule has 3 heteroatoms. The summed E-state index contributed by atoms with van der Waals surface area (Å²) in [6.07, 6.45) is 0. The monoisotopic (exact) mass is 315 g/mol. The number of hydrogen-bond donors (Lipinski definition) is 1. The van der Waals surface area contributed by atoms with Crippen molar-refractivity contribution in [2.75, 3.05) is 5.32 Å². The van der Waals surface area contributed by atoms with Crippen molar-refractivity contribution in [2.24, 2.45) is 0 Å². The Labute approximate surface area is 137 Å². The molecule has 0 aliphatic rings. The lowest BCUT2D eigenvalue weighted by molar-refractivity contribution is 0.102. The van der Waals surface area contributed by atoms with Crippen LogP contribution in [0.4, 0.5) is 5.69 Å². The molecule has 2 aromatic rings. The van der Waals surface area contributed by atoms with Crippen LogP contribution in [0, 0.1) is 0 Å². The first-order chi connectivity index (χ1) is 10.4. The van der Waals surface area contributed by atoms with Crippen LogP contribution in [0.3, 0.4) is 0 Å². The second kappa shape index (κ2) is 6.97. The number of para-hydroxylation sites is 1. The predicted molar refractivity (Wildman–Crippen MR) is 94.0 cm³/mol. The van der Waals surface area contributed by atoms with Gasteiger partial charge in [0.1, 0.15) is 0 Å². The first kappa shape index (κ1) is 16.6. The van der Waals surface area contributed by atoms with Gasteiger partial charge < -0.3 is 5.32 Å². The second-order valence-electron chi connectivity index (χ2n) is 6.08. The van der Waals surface area contributed by atoms with Crippen LogP contribution in [0.5, 0.6) is 0 Å². The summed E-state index contributed by atoms with van der Waals surface area (Å²) in [7, 11) is 0. The number of amides is 1. The second-order valence-corrected chi connectivity index (χ2v) is 6.52. The third kappa shape index (κ3) is 3.69. The van der Waals surface area contributed by atoms with Gasteiger partial charge in [-0.25, -0.2) is 0 Å². The lowest BCUT2D eigenvalue weighted by atomic mass is 9.92. The van der Waals surface area contributed by atoms with E-state index in [0.717, 1.165) is 16.8 Å². The Morgan fingerprint density at radius 1 is 0.909 bits per heavy atom. The molecule has 0 fully saturated rings. The summed E-state index contributed by atoms with van der Waals surface area (Å²) in [5.74, 6) is 0.588. The summed E-state index contributed by atoms with van der Waals surface area (Å²) in [5.41, 5.74) is 3.87. The Kier molecular flexibility index (Phi) is 5.25. The summed E-state index contributed by atoms with van der Waals surface area (Å²) in [6.45, 7) is 8.55. The maximum Gasteiger partial charge on any atom is 0.255 e. The minimum Gasteiger partial charge on any atom is -0.321 e. The zero-order valence-corrected chi connectivity index (χ0v) is 14.2. The van der Waals surface area contributed by atoms with Crippen LogP contribution >= 0.6 is 11.6 Å². The van der Waals surface area contributed by atoms with Gasteiger partial charge in [-0.2, -0.15) is 0 Å². The minimum absolute atomic E-state index is 0.105. The Balaban J connectivity index is 2.39. The molecule has 1 N–H and O–H groups in total. The summed E-state index contributed by atoms with van der Waals surface area (Å²) in [5, 5.41) is 3.72. The first-order valence-electron chi connectivity index (χ1n) is 7.60. The number of anilines is 1. The molecule has 0 atom stereocenters. The Morgan fingerprint density at radius 2 is 1.41 bits per heavy atom. The number of benzene rings is 2. The first-order valence-corrected chi connectivity index (χ1v) is 7.97. The van der Waals surface area contributed by atoms with Crippen LogP contribution in [0.1, 0.15) is 61.0 Å². The zero-order valence-electron chi connectivity index (χ0n) is 13.5. The third-order valence-electron chi connectivity index (χ3n) is 3.72. The highest BCUT2D eigenvalue weighted by molar-refractivity contribution is 6.30. The minimum atomic E-state index is -0.105. The smallest absolute Gasteiger partial charge is 0.255 e. The van der Waals surface area contributed by atoms with E-state index in [-0.39, 0.29) is 5.91 Å². The Bertz CT molecular complexity index is 633. The van der Waals surface area contributed by atoms with E-state index in [4.69, 9.17) is 11.6 Å². The number of carbonyl (C=O) groups excluding carboxylic acids is 1. The van der Waals surface area contributed by atoms with Crippen LogP contribution < -0.4 is 5.32 Å². The molecule has 2 aromatic carbocycles. The Hall–Kier alpha value is -1.80. The molecule has 0 aliphatic carbocycles. The molecule has 0 unspecified atom stereocenters. The fourth-order valence-corrected chi connectivity index (χ4v) is 2.61. The van der Waals surface area contributed by atoms with Crippen molar-refractivity contribution in [3.05, 3.63) is 64.2 Å². The number of rotatable bonds is 4. The molecule has 2 rings (SSSR count). The molecule has 0 aliphatic heterocycles. The van der Waals surface area contributed by atoms with Gasteiger partial charge in [-0.1, -0.05) is 57.5 Å². The van der Waals surface area contributed by atoms with Gasteiger partial charge in [0.05, 0.1) is 0 Å². The lowest BCUT2D eigenvalue weighted by Crippen LogP contribution is -2.15. The standard InChI is InChI=1S/C19H22ClNO/c1-12(2)16-6-5-7-17(13(3)4)18(16)21-19(22)14-8-10-15(20)11-9-14/h5-13H,1-4H3,(H,21,22). The van der Waals surface area contributed by atoms with Crippen molar-refractivity contribution in [3.63, 3.8) is 0 Å². The summed E-state index contributed by atoms with van der Waals surface area (Å²) in [6, 6.07) is 13.2. The van der Waals surface area contributed by atoms with Gasteiger partial charge in [0, 0.05) is 16.3 Å². The van der Waals surface area contributed by atoms with Crippen LogP contribution in [-0.4, -0.2) is 5.91 Å². The van der Waals surface area contributed by atoms with E-state index >= 15 is 0 Å². The molecular formula is C19H22ClNO. The fourth-order valence-electron chi connectivity index (χ4n) is 2.48. The van der Waals surface area contributed by atoms with Crippen molar-refractivity contribution < 1.29 is 4.79 Å². The van der Waals surface area contributed by atoms with Crippen molar-refractivity contribution in [1.29, 1.82) is 0 Å². The number of halogens is 1. The maximum atomic E-state index is 12.5. The van der Waals surface area contributed by atoms with Crippen molar-refractivity contribution in [1.82, 2.24) is 0 Å². The molecule has 22 heavy (non-hydrogen) atoms. The van der Waals surface area contributed by atoms with Crippen molar-refractivity contribution in [2.45, 2.75) is 39.5 Å². The van der Waals surface area contributed by atoms with Crippen LogP contribution in [0.15, 0.2) is 42.5 Å². The van der Waals surface area contributed by atoms with Gasteiger partial charge in [-0.15, -0.1) is 0 Å². The summed E-state index contributed by atoms with van der Waals surface area (Å²) in [4.78, 5) is 12.5. The predicted octanol–water partition coefficient (Wildman–Crippen LogP) is 5.84. The topological polar surface area (TPSA) is 29.1 Å². The number of carbonyl (C=O) groups is 1. The van der Waals surface area contributed by atoms with E-state index in [1.807, 2.05) is 0 Å². The highest BCUT2D eigenvalue weighted by Gasteiger charge is 2.16. The molecule has 0 radical (unpaired) electrons. The van der Waals surface area contributed by atoms with Gasteiger partial charge in [0.15, 0.2) is 0 Å². The third-order valence-corrected chi connectivity index (χ3v) is 3.97. The highest BCUT2D eigenvalue weighted by atomic mass is 35.5. The van der Waals surface area contributed by atoms with Gasteiger partial charge in [0.2, 0.25) is 0 Å².